The van der Waals surface area contributed by atoms with Gasteiger partial charge in [-0.1, -0.05) is 30.3 Å². The van der Waals surface area contributed by atoms with Gasteiger partial charge in [-0.2, -0.15) is 18.3 Å². The van der Waals surface area contributed by atoms with E-state index in [1.807, 2.05) is 30.3 Å². The molecule has 122 valence electrons. The van der Waals surface area contributed by atoms with Crippen molar-refractivity contribution in [3.8, 4) is 11.3 Å². The lowest BCUT2D eigenvalue weighted by Gasteiger charge is -2.07. The molecule has 0 radical (unpaired) electrons. The van der Waals surface area contributed by atoms with Gasteiger partial charge in [0.05, 0.1) is 11.3 Å². The number of anilines is 1. The minimum Gasteiger partial charge on any atom is -0.305 e. The molecule has 1 aromatic heterocycles. The molecule has 3 aromatic rings. The van der Waals surface area contributed by atoms with Crippen molar-refractivity contribution in [2.24, 2.45) is 0 Å². The predicted octanol–water partition coefficient (Wildman–Crippen LogP) is 4.35. The van der Waals surface area contributed by atoms with Crippen LogP contribution in [0.3, 0.4) is 0 Å². The van der Waals surface area contributed by atoms with E-state index in [9.17, 15) is 18.0 Å². The zero-order valence-electron chi connectivity index (χ0n) is 12.3. The Bertz CT molecular complexity index is 840. The molecule has 2 aromatic carbocycles. The number of hydrogen-bond donors (Lipinski definition) is 2. The van der Waals surface area contributed by atoms with Gasteiger partial charge in [0.1, 0.15) is 0 Å². The fourth-order valence-corrected chi connectivity index (χ4v) is 2.15. The number of alkyl halides is 3. The van der Waals surface area contributed by atoms with Crippen LogP contribution in [0.4, 0.5) is 19.0 Å². The lowest BCUT2D eigenvalue weighted by Crippen LogP contribution is -2.13. The molecule has 0 aliphatic heterocycles. The third kappa shape index (κ3) is 3.45. The molecular formula is C17H12F3N3O. The number of hydrogen-bond acceptors (Lipinski definition) is 2. The number of aromatic amines is 1. The summed E-state index contributed by atoms with van der Waals surface area (Å²) in [6, 6.07) is 15.0. The second-order valence-corrected chi connectivity index (χ2v) is 5.06. The molecule has 2 N–H and O–H groups in total. The Morgan fingerprint density at radius 3 is 2.29 bits per heavy atom. The van der Waals surface area contributed by atoms with Gasteiger partial charge in [0, 0.05) is 11.6 Å². The highest BCUT2D eigenvalue weighted by Gasteiger charge is 2.30. The molecular weight excluding hydrogens is 319 g/mol. The highest BCUT2D eigenvalue weighted by molar-refractivity contribution is 6.03. The van der Waals surface area contributed by atoms with E-state index in [0.29, 0.717) is 5.82 Å². The molecule has 7 heteroatoms. The number of H-pyrrole nitrogens is 1. The Morgan fingerprint density at radius 2 is 1.67 bits per heavy atom. The average Bonchev–Trinajstić information content (AvgIpc) is 3.03. The Morgan fingerprint density at radius 1 is 1.00 bits per heavy atom. The van der Waals surface area contributed by atoms with E-state index in [0.717, 1.165) is 35.5 Å². The molecule has 1 amide bonds. The Labute approximate surface area is 135 Å². The number of amides is 1. The van der Waals surface area contributed by atoms with Gasteiger partial charge in [-0.05, 0) is 29.8 Å². The van der Waals surface area contributed by atoms with E-state index in [4.69, 9.17) is 0 Å². The number of carbonyl (C=O) groups is 1. The van der Waals surface area contributed by atoms with E-state index in [1.165, 1.54) is 0 Å². The van der Waals surface area contributed by atoms with Gasteiger partial charge in [0.25, 0.3) is 5.91 Å². The molecule has 0 bridgehead atoms. The third-order valence-electron chi connectivity index (χ3n) is 3.38. The van der Waals surface area contributed by atoms with Gasteiger partial charge in [-0.3, -0.25) is 9.89 Å². The molecule has 0 unspecified atom stereocenters. The lowest BCUT2D eigenvalue weighted by atomic mass is 10.1. The monoisotopic (exact) mass is 331 g/mol. The Balaban J connectivity index is 1.72. The molecule has 0 aliphatic rings. The van der Waals surface area contributed by atoms with E-state index in [-0.39, 0.29) is 5.56 Å². The molecule has 0 saturated heterocycles. The van der Waals surface area contributed by atoms with E-state index in [1.54, 1.807) is 6.07 Å². The molecule has 0 atom stereocenters. The highest BCUT2D eigenvalue weighted by Crippen LogP contribution is 2.29. The number of benzene rings is 2. The second-order valence-electron chi connectivity index (χ2n) is 5.06. The zero-order chi connectivity index (χ0) is 17.2. The first-order valence-electron chi connectivity index (χ1n) is 7.03. The van der Waals surface area contributed by atoms with Crippen molar-refractivity contribution in [1.29, 1.82) is 0 Å². The number of aromatic nitrogens is 2. The number of nitrogens with one attached hydrogen (secondary N) is 2. The summed E-state index contributed by atoms with van der Waals surface area (Å²) >= 11 is 0. The van der Waals surface area contributed by atoms with Crippen LogP contribution in [0, 0.1) is 0 Å². The van der Waals surface area contributed by atoms with Crippen LogP contribution in [0.2, 0.25) is 0 Å². The zero-order valence-corrected chi connectivity index (χ0v) is 12.3. The quantitative estimate of drug-likeness (QED) is 0.750. The molecule has 0 spiro atoms. The Hall–Kier alpha value is -3.09. The fourth-order valence-electron chi connectivity index (χ4n) is 2.15. The van der Waals surface area contributed by atoms with Gasteiger partial charge in [-0.25, -0.2) is 0 Å². The first-order chi connectivity index (χ1) is 11.4. The minimum absolute atomic E-state index is 0.118. The second kappa shape index (κ2) is 6.19. The summed E-state index contributed by atoms with van der Waals surface area (Å²) in [4.78, 5) is 12.1. The average molecular weight is 331 g/mol. The summed E-state index contributed by atoms with van der Waals surface area (Å²) in [5, 5.41) is 9.32. The van der Waals surface area contributed by atoms with Crippen molar-refractivity contribution in [2.75, 3.05) is 5.32 Å². The standard InChI is InChI=1S/C17H12F3N3O/c18-17(19,20)13-8-6-12(7-9-13)16(24)21-15-10-14(22-23-15)11-4-2-1-3-5-11/h1-10H,(H2,21,22,23,24). The molecule has 4 nitrogen and oxygen atoms in total. The number of halogens is 3. The number of carbonyl (C=O) groups excluding carboxylic acids is 1. The van der Waals surface area contributed by atoms with Crippen LogP contribution >= 0.6 is 0 Å². The van der Waals surface area contributed by atoms with Crippen LogP contribution in [0.5, 0.6) is 0 Å². The van der Waals surface area contributed by atoms with Crippen molar-refractivity contribution in [1.82, 2.24) is 10.2 Å². The van der Waals surface area contributed by atoms with Crippen LogP contribution in [-0.4, -0.2) is 16.1 Å². The van der Waals surface area contributed by atoms with E-state index in [2.05, 4.69) is 15.5 Å². The van der Waals surface area contributed by atoms with E-state index < -0.39 is 17.6 Å². The van der Waals surface area contributed by atoms with Crippen LogP contribution in [0.25, 0.3) is 11.3 Å². The van der Waals surface area contributed by atoms with Crippen molar-refractivity contribution < 1.29 is 18.0 Å². The topological polar surface area (TPSA) is 57.8 Å². The van der Waals surface area contributed by atoms with Crippen LogP contribution < -0.4 is 5.32 Å². The van der Waals surface area contributed by atoms with Crippen LogP contribution in [0.1, 0.15) is 15.9 Å². The van der Waals surface area contributed by atoms with Gasteiger partial charge in [0.15, 0.2) is 5.82 Å². The normalized spacial score (nSPS) is 11.3. The molecule has 1 heterocycles. The maximum Gasteiger partial charge on any atom is 0.416 e. The smallest absolute Gasteiger partial charge is 0.305 e. The number of nitrogens with zero attached hydrogens (tertiary/aromatic N) is 1. The molecule has 0 fully saturated rings. The molecule has 3 rings (SSSR count). The molecule has 24 heavy (non-hydrogen) atoms. The summed E-state index contributed by atoms with van der Waals surface area (Å²) in [6.07, 6.45) is -4.43. The predicted molar refractivity (Wildman–Crippen MR) is 83.4 cm³/mol. The highest BCUT2D eigenvalue weighted by atomic mass is 19.4. The Kier molecular flexibility index (Phi) is 4.07. The van der Waals surface area contributed by atoms with E-state index >= 15 is 0 Å². The summed E-state index contributed by atoms with van der Waals surface area (Å²) in [7, 11) is 0. The van der Waals surface area contributed by atoms with Crippen molar-refractivity contribution in [2.45, 2.75) is 6.18 Å². The summed E-state index contributed by atoms with van der Waals surface area (Å²) in [6.45, 7) is 0. The molecule has 0 aliphatic carbocycles. The van der Waals surface area contributed by atoms with Crippen molar-refractivity contribution in [3.63, 3.8) is 0 Å². The summed E-state index contributed by atoms with van der Waals surface area (Å²) in [5.74, 6) is -0.242. The van der Waals surface area contributed by atoms with Crippen molar-refractivity contribution >= 4 is 11.7 Å². The number of rotatable bonds is 3. The SMILES string of the molecule is O=C(Nc1cc(-c2ccccc2)[nH]n1)c1ccc(C(F)(F)F)cc1. The summed E-state index contributed by atoms with van der Waals surface area (Å²) < 4.78 is 37.6. The van der Waals surface area contributed by atoms with Crippen molar-refractivity contribution in [3.05, 3.63) is 71.8 Å². The molecule has 0 saturated carbocycles. The van der Waals surface area contributed by atoms with Crippen LogP contribution in [0.15, 0.2) is 60.7 Å². The van der Waals surface area contributed by atoms with Gasteiger partial charge >= 0.3 is 6.18 Å². The largest absolute Gasteiger partial charge is 0.416 e. The maximum atomic E-state index is 12.5. The first kappa shape index (κ1) is 15.8. The van der Waals surface area contributed by atoms with Gasteiger partial charge < -0.3 is 5.32 Å². The lowest BCUT2D eigenvalue weighted by molar-refractivity contribution is -0.137. The van der Waals surface area contributed by atoms with Gasteiger partial charge in [-0.15, -0.1) is 0 Å². The minimum atomic E-state index is -4.43. The van der Waals surface area contributed by atoms with Crippen LogP contribution in [-0.2, 0) is 6.18 Å². The summed E-state index contributed by atoms with van der Waals surface area (Å²) in [5.41, 5.74) is 0.941. The van der Waals surface area contributed by atoms with Gasteiger partial charge in [0.2, 0.25) is 0 Å². The maximum absolute atomic E-state index is 12.5. The fraction of sp³-hybridized carbons (Fsp3) is 0.0588. The third-order valence-corrected chi connectivity index (χ3v) is 3.38. The first-order valence-corrected chi connectivity index (χ1v) is 7.03.